The van der Waals surface area contributed by atoms with Gasteiger partial charge in [0.15, 0.2) is 6.17 Å². The Morgan fingerprint density at radius 3 is 2.58 bits per heavy atom. The lowest BCUT2D eigenvalue weighted by molar-refractivity contribution is -0.901. The lowest BCUT2D eigenvalue weighted by Crippen LogP contribution is -2.62. The summed E-state index contributed by atoms with van der Waals surface area (Å²) in [6.45, 7) is 1.48. The molecule has 3 nitrogen and oxygen atoms in total. The molecule has 1 rings (SSSR count). The molecule has 1 N–H and O–H groups in total. The van der Waals surface area contributed by atoms with Crippen LogP contribution in [0.1, 0.15) is 0 Å². The zero-order valence-electron chi connectivity index (χ0n) is 7.91. The molecular formula is C8H17N2OS+. The van der Waals surface area contributed by atoms with Gasteiger partial charge in [-0.1, -0.05) is 12.2 Å². The number of thiocarbonyl (C=S) groups is 1. The number of nitrogens with zero attached hydrogens (tertiary/aromatic N) is 1. The first-order valence-electron chi connectivity index (χ1n) is 4.14. The van der Waals surface area contributed by atoms with E-state index in [0.29, 0.717) is 12.8 Å². The minimum Gasteiger partial charge on any atom is -0.372 e. The smallest absolute Gasteiger partial charge is 0.166 e. The number of hydrogen-bond donors (Lipinski definition) is 1. The fourth-order valence-corrected chi connectivity index (χ4v) is 1.33. The topological polar surface area (TPSA) is 21.3 Å². The normalized spacial score (nSPS) is 31.6. The average Bonchev–Trinajstić information content (AvgIpc) is 2.03. The van der Waals surface area contributed by atoms with Gasteiger partial charge in [-0.25, -0.2) is 0 Å². The molecule has 0 spiro atoms. The monoisotopic (exact) mass is 189 g/mol. The van der Waals surface area contributed by atoms with Crippen LogP contribution in [0.15, 0.2) is 0 Å². The lowest BCUT2D eigenvalue weighted by atomic mass is 10.2. The Morgan fingerprint density at radius 1 is 1.42 bits per heavy atom. The first-order valence-corrected chi connectivity index (χ1v) is 4.61. The largest absolute Gasteiger partial charge is 0.372 e. The number of nitrogens with one attached hydrogen (secondary N) is 1. The molecule has 0 aromatic carbocycles. The Bertz CT molecular complexity index is 167. The third kappa shape index (κ3) is 2.48. The summed E-state index contributed by atoms with van der Waals surface area (Å²) in [7, 11) is 6.44. The number of likely N-dealkylation sites (N-methyl/N-ethyl adjacent to an activating group) is 1. The quantitative estimate of drug-likeness (QED) is 0.488. The summed E-state index contributed by atoms with van der Waals surface area (Å²) in [5.74, 6) is 0. The van der Waals surface area contributed by atoms with Crippen molar-refractivity contribution in [3.8, 4) is 0 Å². The van der Waals surface area contributed by atoms with Gasteiger partial charge < -0.3 is 9.22 Å². The molecule has 70 valence electrons. The van der Waals surface area contributed by atoms with Crippen molar-refractivity contribution in [3.05, 3.63) is 0 Å². The fourth-order valence-electron chi connectivity index (χ4n) is 1.18. The molecule has 0 bridgehead atoms. The Kier molecular flexibility index (Phi) is 3.17. The van der Waals surface area contributed by atoms with E-state index in [2.05, 4.69) is 26.5 Å². The summed E-state index contributed by atoms with van der Waals surface area (Å²) in [5.41, 5.74) is 0. The minimum atomic E-state index is 0.232. The number of quaternary nitrogens is 1. The van der Waals surface area contributed by atoms with Crippen LogP contribution in [-0.2, 0) is 4.74 Å². The maximum absolute atomic E-state index is 5.44. The molecule has 12 heavy (non-hydrogen) atoms. The molecule has 0 aliphatic carbocycles. The Hall–Kier alpha value is -0.0300. The molecule has 4 heteroatoms. The third-order valence-corrected chi connectivity index (χ3v) is 2.41. The molecule has 0 amide bonds. The highest BCUT2D eigenvalue weighted by Gasteiger charge is 2.29. The highest BCUT2D eigenvalue weighted by molar-refractivity contribution is 7.79. The van der Waals surface area contributed by atoms with Gasteiger partial charge >= 0.3 is 0 Å². The molecule has 2 unspecified atom stereocenters. The maximum atomic E-state index is 5.44. The van der Waals surface area contributed by atoms with Crippen LogP contribution in [0.2, 0.25) is 0 Å². The van der Waals surface area contributed by atoms with Crippen molar-refractivity contribution in [3.63, 3.8) is 0 Å². The summed E-state index contributed by atoms with van der Waals surface area (Å²) in [5, 5.41) is 5.17. The summed E-state index contributed by atoms with van der Waals surface area (Å²) in [6.07, 6.45) is 0.350. The van der Waals surface area contributed by atoms with Gasteiger partial charge in [0.05, 0.1) is 33.8 Å². The van der Waals surface area contributed by atoms with E-state index in [1.165, 1.54) is 0 Å². The molecular weight excluding hydrogens is 172 g/mol. The van der Waals surface area contributed by atoms with Crippen LogP contribution in [0.25, 0.3) is 0 Å². The first-order chi connectivity index (χ1) is 5.54. The van der Waals surface area contributed by atoms with Gasteiger partial charge in [-0.3, -0.25) is 5.32 Å². The molecule has 1 heterocycles. The molecule has 0 radical (unpaired) electrons. The van der Waals surface area contributed by atoms with E-state index in [1.807, 2.05) is 0 Å². The molecule has 1 aliphatic heterocycles. The molecule has 1 saturated heterocycles. The molecule has 1 fully saturated rings. The number of hydrogen-bond acceptors (Lipinski definition) is 3. The second-order valence-electron chi connectivity index (χ2n) is 4.08. The molecule has 0 saturated carbocycles. The highest BCUT2D eigenvalue weighted by Crippen LogP contribution is 2.06. The van der Waals surface area contributed by atoms with E-state index in [4.69, 9.17) is 17.0 Å². The Labute approximate surface area is 79.3 Å². The van der Waals surface area contributed by atoms with Crippen molar-refractivity contribution in [2.45, 2.75) is 12.2 Å². The van der Waals surface area contributed by atoms with E-state index in [9.17, 15) is 0 Å². The summed E-state index contributed by atoms with van der Waals surface area (Å²) >= 11 is 4.87. The van der Waals surface area contributed by atoms with Crippen molar-refractivity contribution in [1.29, 1.82) is 0 Å². The molecule has 0 aromatic heterocycles. The van der Waals surface area contributed by atoms with Gasteiger partial charge in [0.1, 0.15) is 6.61 Å². The van der Waals surface area contributed by atoms with E-state index in [1.54, 1.807) is 5.37 Å². The summed E-state index contributed by atoms with van der Waals surface area (Å²) in [6, 6.07) is 0.232. The highest BCUT2D eigenvalue weighted by atomic mass is 32.1. The van der Waals surface area contributed by atoms with Crippen LogP contribution in [0, 0.1) is 0 Å². The Morgan fingerprint density at radius 2 is 2.08 bits per heavy atom. The second kappa shape index (κ2) is 3.79. The lowest BCUT2D eigenvalue weighted by Gasteiger charge is -2.39. The van der Waals surface area contributed by atoms with Crippen LogP contribution in [0.4, 0.5) is 0 Å². The van der Waals surface area contributed by atoms with Gasteiger partial charge in [-0.15, -0.1) is 0 Å². The zero-order chi connectivity index (χ0) is 9.19. The van der Waals surface area contributed by atoms with E-state index in [0.717, 1.165) is 11.1 Å². The fraction of sp³-hybridized carbons (Fsp3) is 0.875. The molecule has 1 aliphatic rings. The van der Waals surface area contributed by atoms with Gasteiger partial charge in [0.25, 0.3) is 0 Å². The van der Waals surface area contributed by atoms with Crippen molar-refractivity contribution < 1.29 is 9.22 Å². The van der Waals surface area contributed by atoms with Crippen LogP contribution >= 0.6 is 12.2 Å². The average molecular weight is 189 g/mol. The first kappa shape index (κ1) is 10.1. The van der Waals surface area contributed by atoms with Gasteiger partial charge in [-0.05, 0) is 5.37 Å². The van der Waals surface area contributed by atoms with Crippen molar-refractivity contribution in [2.24, 2.45) is 0 Å². The molecule has 2 atom stereocenters. The van der Waals surface area contributed by atoms with Crippen LogP contribution in [0.3, 0.4) is 0 Å². The second-order valence-corrected chi connectivity index (χ2v) is 4.35. The van der Waals surface area contributed by atoms with Gasteiger partial charge in [0.2, 0.25) is 0 Å². The summed E-state index contributed by atoms with van der Waals surface area (Å²) < 4.78 is 6.30. The van der Waals surface area contributed by atoms with Crippen LogP contribution in [0.5, 0.6) is 0 Å². The van der Waals surface area contributed by atoms with E-state index < -0.39 is 0 Å². The molecule has 0 aromatic rings. The zero-order valence-corrected chi connectivity index (χ0v) is 8.73. The van der Waals surface area contributed by atoms with Crippen molar-refractivity contribution >= 4 is 17.6 Å². The van der Waals surface area contributed by atoms with E-state index >= 15 is 0 Å². The van der Waals surface area contributed by atoms with Crippen molar-refractivity contribution in [2.75, 3.05) is 34.4 Å². The SMILES string of the molecule is C[N+](C)(C)C1COCC(C=S)N1. The number of rotatable bonds is 2. The van der Waals surface area contributed by atoms with Gasteiger partial charge in [-0.2, -0.15) is 0 Å². The predicted octanol–water partition coefficient (Wildman–Crippen LogP) is 0.00680. The standard InChI is InChI=1S/C8H17N2OS/c1-10(2,3)8-5-11-4-7(6-12)9-8/h6-9H,4-5H2,1-3H3/q+1. The van der Waals surface area contributed by atoms with Crippen LogP contribution in [-0.4, -0.2) is 56.4 Å². The minimum absolute atomic E-state index is 0.232. The van der Waals surface area contributed by atoms with E-state index in [-0.39, 0.29) is 6.04 Å². The predicted molar refractivity (Wildman–Crippen MR) is 53.2 cm³/mol. The third-order valence-electron chi connectivity index (χ3n) is 2.08. The van der Waals surface area contributed by atoms with Crippen LogP contribution < -0.4 is 5.32 Å². The van der Waals surface area contributed by atoms with Crippen molar-refractivity contribution in [1.82, 2.24) is 5.32 Å². The Balaban J connectivity index is 2.51. The van der Waals surface area contributed by atoms with Gasteiger partial charge in [0, 0.05) is 0 Å². The summed E-state index contributed by atoms with van der Waals surface area (Å²) in [4.78, 5) is 0. The maximum Gasteiger partial charge on any atom is 0.166 e. The number of ether oxygens (including phenoxy) is 1. The number of morpholine rings is 1.